The molecule has 0 radical (unpaired) electrons. The Kier molecular flexibility index (Phi) is 5.04. The number of hydrogen-bond donors (Lipinski definition) is 1. The first-order valence-corrected chi connectivity index (χ1v) is 7.92. The Bertz CT molecular complexity index is 410. The van der Waals surface area contributed by atoms with E-state index in [0.29, 0.717) is 11.8 Å². The second kappa shape index (κ2) is 6.56. The minimum absolute atomic E-state index is 0.689. The minimum atomic E-state index is 0.689. The van der Waals surface area contributed by atoms with Gasteiger partial charge in [-0.3, -0.25) is 0 Å². The molecular formula is C18H29N. The normalized spacial score (nSPS) is 27.5. The highest BCUT2D eigenvalue weighted by Crippen LogP contribution is 2.42. The molecule has 0 saturated heterocycles. The Morgan fingerprint density at radius 3 is 2.63 bits per heavy atom. The molecule has 1 heteroatoms. The van der Waals surface area contributed by atoms with Gasteiger partial charge < -0.3 is 5.73 Å². The Balaban J connectivity index is 2.22. The summed E-state index contributed by atoms with van der Waals surface area (Å²) < 4.78 is 0. The van der Waals surface area contributed by atoms with Gasteiger partial charge in [-0.15, -0.1) is 0 Å². The lowest BCUT2D eigenvalue weighted by atomic mass is 9.69. The van der Waals surface area contributed by atoms with Crippen LogP contribution in [0.25, 0.3) is 0 Å². The molecule has 1 aliphatic rings. The lowest BCUT2D eigenvalue weighted by Crippen LogP contribution is -2.29. The van der Waals surface area contributed by atoms with Crippen molar-refractivity contribution in [3.05, 3.63) is 34.9 Å². The van der Waals surface area contributed by atoms with Crippen molar-refractivity contribution in [2.75, 3.05) is 6.54 Å². The van der Waals surface area contributed by atoms with Crippen LogP contribution in [0.2, 0.25) is 0 Å². The molecule has 0 heterocycles. The fourth-order valence-electron chi connectivity index (χ4n) is 3.90. The van der Waals surface area contributed by atoms with Gasteiger partial charge in [-0.05, 0) is 62.1 Å². The summed E-state index contributed by atoms with van der Waals surface area (Å²) in [6.45, 7) is 7.59. The van der Waals surface area contributed by atoms with Crippen molar-refractivity contribution in [3.63, 3.8) is 0 Å². The van der Waals surface area contributed by atoms with Crippen molar-refractivity contribution in [2.24, 2.45) is 17.6 Å². The van der Waals surface area contributed by atoms with Gasteiger partial charge in [0, 0.05) is 0 Å². The maximum Gasteiger partial charge on any atom is -0.00430 e. The van der Waals surface area contributed by atoms with Crippen molar-refractivity contribution in [3.8, 4) is 0 Å². The third-order valence-electron chi connectivity index (χ3n) is 4.93. The number of hydrogen-bond acceptors (Lipinski definition) is 1. The minimum Gasteiger partial charge on any atom is -0.330 e. The highest BCUT2D eigenvalue weighted by Gasteiger charge is 2.30. The monoisotopic (exact) mass is 259 g/mol. The summed E-state index contributed by atoms with van der Waals surface area (Å²) >= 11 is 0. The zero-order valence-electron chi connectivity index (χ0n) is 12.8. The van der Waals surface area contributed by atoms with Gasteiger partial charge in [0.25, 0.3) is 0 Å². The van der Waals surface area contributed by atoms with Crippen molar-refractivity contribution in [1.29, 1.82) is 0 Å². The van der Waals surface area contributed by atoms with Gasteiger partial charge in [-0.1, -0.05) is 49.9 Å². The molecule has 0 aliphatic heterocycles. The predicted octanol–water partition coefficient (Wildman–Crippen LogP) is 4.56. The molecule has 0 amide bonds. The lowest BCUT2D eigenvalue weighted by Gasteiger charge is -2.37. The molecule has 3 atom stereocenters. The van der Waals surface area contributed by atoms with E-state index in [4.69, 9.17) is 5.73 Å². The van der Waals surface area contributed by atoms with Gasteiger partial charge >= 0.3 is 0 Å². The summed E-state index contributed by atoms with van der Waals surface area (Å²) in [5, 5.41) is 0. The van der Waals surface area contributed by atoms with Crippen LogP contribution in [0.15, 0.2) is 18.2 Å². The quantitative estimate of drug-likeness (QED) is 0.842. The van der Waals surface area contributed by atoms with Gasteiger partial charge in [-0.25, -0.2) is 0 Å². The van der Waals surface area contributed by atoms with E-state index >= 15 is 0 Å². The van der Waals surface area contributed by atoms with Crippen LogP contribution in [0.1, 0.15) is 61.6 Å². The third kappa shape index (κ3) is 3.39. The summed E-state index contributed by atoms with van der Waals surface area (Å²) in [6, 6.07) is 6.94. The van der Waals surface area contributed by atoms with Crippen LogP contribution in [-0.2, 0) is 0 Å². The lowest BCUT2D eigenvalue weighted by molar-refractivity contribution is 0.229. The summed E-state index contributed by atoms with van der Waals surface area (Å²) in [5.41, 5.74) is 10.4. The van der Waals surface area contributed by atoms with Crippen LogP contribution < -0.4 is 5.73 Å². The molecule has 2 rings (SSSR count). The smallest absolute Gasteiger partial charge is 0.00430 e. The van der Waals surface area contributed by atoms with Gasteiger partial charge in [0.15, 0.2) is 0 Å². The number of nitrogens with two attached hydrogens (primary N) is 1. The standard InChI is InChI=1S/C18H29N/c1-4-5-15-7-8-16(12-19)18(11-15)17-9-6-13(2)10-14(17)3/h6,9-10,15-16,18H,4-5,7-8,11-12,19H2,1-3H3. The molecule has 1 saturated carbocycles. The molecule has 0 aromatic heterocycles. The zero-order chi connectivity index (χ0) is 13.8. The van der Waals surface area contributed by atoms with Crippen molar-refractivity contribution in [2.45, 2.75) is 58.8 Å². The molecule has 1 aromatic carbocycles. The van der Waals surface area contributed by atoms with Crippen LogP contribution in [0.5, 0.6) is 0 Å². The van der Waals surface area contributed by atoms with Crippen LogP contribution in [-0.4, -0.2) is 6.54 Å². The maximum atomic E-state index is 6.03. The van der Waals surface area contributed by atoms with Crippen LogP contribution in [0.4, 0.5) is 0 Å². The topological polar surface area (TPSA) is 26.0 Å². The zero-order valence-corrected chi connectivity index (χ0v) is 12.8. The Labute approximate surface area is 118 Å². The fraction of sp³-hybridized carbons (Fsp3) is 0.667. The Morgan fingerprint density at radius 1 is 1.21 bits per heavy atom. The van der Waals surface area contributed by atoms with Crippen LogP contribution in [0.3, 0.4) is 0 Å². The van der Waals surface area contributed by atoms with E-state index in [1.807, 2.05) is 0 Å². The first-order valence-electron chi connectivity index (χ1n) is 7.92. The van der Waals surface area contributed by atoms with E-state index < -0.39 is 0 Å². The van der Waals surface area contributed by atoms with E-state index in [2.05, 4.69) is 39.0 Å². The molecule has 0 spiro atoms. The fourth-order valence-corrected chi connectivity index (χ4v) is 3.90. The average molecular weight is 259 g/mol. The maximum absolute atomic E-state index is 6.03. The summed E-state index contributed by atoms with van der Waals surface area (Å²) in [6.07, 6.45) is 6.76. The van der Waals surface area contributed by atoms with E-state index in [9.17, 15) is 0 Å². The molecular weight excluding hydrogens is 230 g/mol. The van der Waals surface area contributed by atoms with E-state index in [1.165, 1.54) is 43.2 Å². The number of benzene rings is 1. The Morgan fingerprint density at radius 2 is 2.00 bits per heavy atom. The van der Waals surface area contributed by atoms with Gasteiger partial charge in [0.2, 0.25) is 0 Å². The summed E-state index contributed by atoms with van der Waals surface area (Å²) in [7, 11) is 0. The molecule has 19 heavy (non-hydrogen) atoms. The molecule has 0 bridgehead atoms. The van der Waals surface area contributed by atoms with E-state index in [1.54, 1.807) is 5.56 Å². The Hall–Kier alpha value is -0.820. The SMILES string of the molecule is CCCC1CCC(CN)C(c2ccc(C)cc2C)C1. The van der Waals surface area contributed by atoms with Crippen molar-refractivity contribution < 1.29 is 0 Å². The molecule has 1 fully saturated rings. The summed E-state index contributed by atoms with van der Waals surface area (Å²) in [4.78, 5) is 0. The van der Waals surface area contributed by atoms with E-state index in [0.717, 1.165) is 12.5 Å². The van der Waals surface area contributed by atoms with Crippen LogP contribution in [0, 0.1) is 25.7 Å². The predicted molar refractivity (Wildman–Crippen MR) is 83.5 cm³/mol. The first kappa shape index (κ1) is 14.6. The van der Waals surface area contributed by atoms with Gasteiger partial charge in [0.05, 0.1) is 0 Å². The van der Waals surface area contributed by atoms with Gasteiger partial charge in [-0.2, -0.15) is 0 Å². The first-order chi connectivity index (χ1) is 9.15. The van der Waals surface area contributed by atoms with Gasteiger partial charge in [0.1, 0.15) is 0 Å². The number of aryl methyl sites for hydroxylation is 2. The van der Waals surface area contributed by atoms with Crippen molar-refractivity contribution >= 4 is 0 Å². The second-order valence-corrected chi connectivity index (χ2v) is 6.43. The molecule has 1 aromatic rings. The van der Waals surface area contributed by atoms with Crippen LogP contribution >= 0.6 is 0 Å². The second-order valence-electron chi connectivity index (χ2n) is 6.43. The highest BCUT2D eigenvalue weighted by molar-refractivity contribution is 5.34. The highest BCUT2D eigenvalue weighted by atomic mass is 14.6. The molecule has 1 nitrogen and oxygen atoms in total. The third-order valence-corrected chi connectivity index (χ3v) is 4.93. The molecule has 3 unspecified atom stereocenters. The largest absolute Gasteiger partial charge is 0.330 e. The molecule has 2 N–H and O–H groups in total. The molecule has 106 valence electrons. The van der Waals surface area contributed by atoms with Crippen molar-refractivity contribution in [1.82, 2.24) is 0 Å². The average Bonchev–Trinajstić information content (AvgIpc) is 2.39. The van der Waals surface area contributed by atoms with E-state index in [-0.39, 0.29) is 0 Å². The number of rotatable bonds is 4. The molecule has 1 aliphatic carbocycles. The summed E-state index contributed by atoms with van der Waals surface area (Å²) in [5.74, 6) is 2.30.